The lowest BCUT2D eigenvalue weighted by Gasteiger charge is -2.15. The van der Waals surface area contributed by atoms with Crippen LogP contribution in [0.1, 0.15) is 32.6 Å². The monoisotopic (exact) mass is 294 g/mol. The molecule has 0 saturated carbocycles. The topological polar surface area (TPSA) is 106 Å². The van der Waals surface area contributed by atoms with E-state index in [9.17, 15) is 4.79 Å². The largest absolute Gasteiger partial charge is 0.463 e. The van der Waals surface area contributed by atoms with Crippen molar-refractivity contribution in [1.29, 1.82) is 0 Å². The minimum atomic E-state index is 0.101. The van der Waals surface area contributed by atoms with Crippen molar-refractivity contribution >= 4 is 17.8 Å². The number of nitrogens with zero attached hydrogens (tertiary/aromatic N) is 4. The van der Waals surface area contributed by atoms with Gasteiger partial charge in [0.05, 0.1) is 6.61 Å². The smallest absolute Gasteiger partial charge is 0.323 e. The molecule has 21 heavy (non-hydrogen) atoms. The summed E-state index contributed by atoms with van der Waals surface area (Å²) < 4.78 is 5.33. The number of anilines is 2. The summed E-state index contributed by atoms with van der Waals surface area (Å²) in [6.07, 6.45) is 3.47. The second-order valence-electron chi connectivity index (χ2n) is 4.91. The molecule has 0 spiro atoms. The van der Waals surface area contributed by atoms with Gasteiger partial charge in [0.15, 0.2) is 0 Å². The maximum atomic E-state index is 11.9. The molecule has 2 heterocycles. The average Bonchev–Trinajstić information content (AvgIpc) is 2.99. The minimum absolute atomic E-state index is 0.101. The van der Waals surface area contributed by atoms with E-state index in [2.05, 4.69) is 20.3 Å². The standard InChI is InChI=1S/C13H22N6O2/c1-2-9-21-13-17-11(14)16-12(18-13)15-6-5-10(20)19-7-3-4-8-19/h2-9H2,1H3,(H3,14,15,16,17,18). The number of hydrogen-bond acceptors (Lipinski definition) is 7. The molecule has 1 fully saturated rings. The fourth-order valence-corrected chi connectivity index (χ4v) is 2.11. The molecule has 1 saturated heterocycles. The first-order valence-electron chi connectivity index (χ1n) is 7.35. The molecule has 3 N–H and O–H groups in total. The van der Waals surface area contributed by atoms with Crippen molar-refractivity contribution in [2.24, 2.45) is 0 Å². The molecule has 1 amide bonds. The van der Waals surface area contributed by atoms with Gasteiger partial charge in [-0.3, -0.25) is 4.79 Å². The third-order valence-corrected chi connectivity index (χ3v) is 3.15. The summed E-state index contributed by atoms with van der Waals surface area (Å²) in [6.45, 7) is 4.72. The molecule has 2 rings (SSSR count). The van der Waals surface area contributed by atoms with Crippen LogP contribution in [-0.4, -0.2) is 52.0 Å². The molecule has 0 bridgehead atoms. The highest BCUT2D eigenvalue weighted by Crippen LogP contribution is 2.11. The maximum absolute atomic E-state index is 11.9. The van der Waals surface area contributed by atoms with Crippen LogP contribution in [-0.2, 0) is 4.79 Å². The van der Waals surface area contributed by atoms with E-state index in [4.69, 9.17) is 10.5 Å². The Balaban J connectivity index is 1.81. The first kappa shape index (κ1) is 15.3. The number of nitrogen functional groups attached to an aromatic ring is 1. The van der Waals surface area contributed by atoms with Crippen LogP contribution in [0.3, 0.4) is 0 Å². The van der Waals surface area contributed by atoms with Crippen LogP contribution in [0.15, 0.2) is 0 Å². The van der Waals surface area contributed by atoms with Gasteiger partial charge in [0, 0.05) is 26.1 Å². The molecular formula is C13H22N6O2. The Kier molecular flexibility index (Phi) is 5.53. The third-order valence-electron chi connectivity index (χ3n) is 3.15. The van der Waals surface area contributed by atoms with Crippen LogP contribution < -0.4 is 15.8 Å². The molecule has 116 valence electrons. The van der Waals surface area contributed by atoms with Gasteiger partial charge >= 0.3 is 6.01 Å². The molecule has 0 aliphatic carbocycles. The van der Waals surface area contributed by atoms with E-state index >= 15 is 0 Å². The van der Waals surface area contributed by atoms with Crippen LogP contribution in [0.2, 0.25) is 0 Å². The Morgan fingerprint density at radius 3 is 2.81 bits per heavy atom. The highest BCUT2D eigenvalue weighted by molar-refractivity contribution is 5.76. The van der Waals surface area contributed by atoms with Crippen molar-refractivity contribution < 1.29 is 9.53 Å². The number of ether oxygens (including phenoxy) is 1. The molecule has 1 aromatic heterocycles. The highest BCUT2D eigenvalue weighted by Gasteiger charge is 2.17. The fourth-order valence-electron chi connectivity index (χ4n) is 2.11. The van der Waals surface area contributed by atoms with Gasteiger partial charge in [-0.25, -0.2) is 0 Å². The number of nitrogens with one attached hydrogen (secondary N) is 1. The van der Waals surface area contributed by atoms with Gasteiger partial charge in [-0.05, 0) is 19.3 Å². The van der Waals surface area contributed by atoms with Crippen molar-refractivity contribution in [3.63, 3.8) is 0 Å². The van der Waals surface area contributed by atoms with E-state index in [1.165, 1.54) is 0 Å². The quantitative estimate of drug-likeness (QED) is 0.761. The molecule has 0 aromatic carbocycles. The molecule has 8 heteroatoms. The van der Waals surface area contributed by atoms with E-state index < -0.39 is 0 Å². The second-order valence-corrected chi connectivity index (χ2v) is 4.91. The Hall–Kier alpha value is -2.12. The van der Waals surface area contributed by atoms with Gasteiger partial charge in [0.1, 0.15) is 0 Å². The summed E-state index contributed by atoms with van der Waals surface area (Å²) >= 11 is 0. The van der Waals surface area contributed by atoms with E-state index in [-0.39, 0.29) is 17.9 Å². The van der Waals surface area contributed by atoms with Gasteiger partial charge in [-0.15, -0.1) is 0 Å². The Labute approximate surface area is 124 Å². The Morgan fingerprint density at radius 2 is 2.10 bits per heavy atom. The molecule has 0 unspecified atom stereocenters. The van der Waals surface area contributed by atoms with Crippen LogP contribution >= 0.6 is 0 Å². The molecule has 1 aliphatic heterocycles. The molecule has 1 aliphatic rings. The summed E-state index contributed by atoms with van der Waals surface area (Å²) in [5.41, 5.74) is 5.60. The van der Waals surface area contributed by atoms with Crippen molar-refractivity contribution in [2.45, 2.75) is 32.6 Å². The SMILES string of the molecule is CCCOc1nc(N)nc(NCCC(=O)N2CCCC2)n1. The summed E-state index contributed by atoms with van der Waals surface area (Å²) in [5, 5.41) is 2.99. The number of nitrogens with two attached hydrogens (primary N) is 1. The normalized spacial score (nSPS) is 14.2. The summed E-state index contributed by atoms with van der Waals surface area (Å²) in [5.74, 6) is 0.594. The molecule has 8 nitrogen and oxygen atoms in total. The van der Waals surface area contributed by atoms with Crippen LogP contribution in [0.4, 0.5) is 11.9 Å². The average molecular weight is 294 g/mol. The third kappa shape index (κ3) is 4.73. The van der Waals surface area contributed by atoms with Crippen molar-refractivity contribution in [1.82, 2.24) is 19.9 Å². The second kappa shape index (κ2) is 7.61. The predicted octanol–water partition coefficient (Wildman–Crippen LogP) is 0.667. The van der Waals surface area contributed by atoms with Crippen LogP contribution in [0.25, 0.3) is 0 Å². The number of rotatable bonds is 7. The number of aromatic nitrogens is 3. The fraction of sp³-hybridized carbons (Fsp3) is 0.692. The lowest BCUT2D eigenvalue weighted by atomic mass is 10.3. The zero-order chi connectivity index (χ0) is 15.1. The molecule has 1 aromatic rings. The zero-order valence-electron chi connectivity index (χ0n) is 12.3. The molecule has 0 atom stereocenters. The van der Waals surface area contributed by atoms with Crippen LogP contribution in [0, 0.1) is 0 Å². The Morgan fingerprint density at radius 1 is 1.33 bits per heavy atom. The van der Waals surface area contributed by atoms with Crippen molar-refractivity contribution in [2.75, 3.05) is 37.3 Å². The Bertz CT molecular complexity index is 476. The van der Waals surface area contributed by atoms with Crippen LogP contribution in [0.5, 0.6) is 6.01 Å². The van der Waals surface area contributed by atoms with Gasteiger partial charge in [0.2, 0.25) is 17.8 Å². The van der Waals surface area contributed by atoms with Gasteiger partial charge in [-0.1, -0.05) is 6.92 Å². The van der Waals surface area contributed by atoms with Gasteiger partial charge in [0.25, 0.3) is 0 Å². The first-order chi connectivity index (χ1) is 10.2. The van der Waals surface area contributed by atoms with E-state index in [1.807, 2.05) is 11.8 Å². The van der Waals surface area contributed by atoms with Crippen molar-refractivity contribution in [3.8, 4) is 6.01 Å². The van der Waals surface area contributed by atoms with E-state index in [0.29, 0.717) is 25.5 Å². The number of likely N-dealkylation sites (tertiary alicyclic amines) is 1. The summed E-state index contributed by atoms with van der Waals surface area (Å²) in [6, 6.07) is 0.206. The predicted molar refractivity (Wildman–Crippen MR) is 78.9 cm³/mol. The van der Waals surface area contributed by atoms with Crippen molar-refractivity contribution in [3.05, 3.63) is 0 Å². The number of carbonyl (C=O) groups is 1. The number of amides is 1. The molecule has 0 radical (unpaired) electrons. The lowest BCUT2D eigenvalue weighted by molar-refractivity contribution is -0.129. The lowest BCUT2D eigenvalue weighted by Crippen LogP contribution is -2.29. The zero-order valence-corrected chi connectivity index (χ0v) is 12.3. The van der Waals surface area contributed by atoms with E-state index in [0.717, 1.165) is 32.4 Å². The highest BCUT2D eigenvalue weighted by atomic mass is 16.5. The van der Waals surface area contributed by atoms with E-state index in [1.54, 1.807) is 0 Å². The van der Waals surface area contributed by atoms with Gasteiger partial charge < -0.3 is 20.7 Å². The summed E-state index contributed by atoms with van der Waals surface area (Å²) in [4.78, 5) is 25.8. The molecular weight excluding hydrogens is 272 g/mol. The first-order valence-corrected chi connectivity index (χ1v) is 7.35. The van der Waals surface area contributed by atoms with Gasteiger partial charge in [-0.2, -0.15) is 15.0 Å². The minimum Gasteiger partial charge on any atom is -0.463 e. The number of hydrogen-bond donors (Lipinski definition) is 2. The maximum Gasteiger partial charge on any atom is 0.323 e. The summed E-state index contributed by atoms with van der Waals surface area (Å²) in [7, 11) is 0. The number of carbonyl (C=O) groups excluding carboxylic acids is 1.